The number of nitrogens with two attached hydrogens (primary N) is 1. The highest BCUT2D eigenvalue weighted by molar-refractivity contribution is 5.68. The Bertz CT molecular complexity index is 382. The molecule has 0 saturated heterocycles. The molecule has 0 spiro atoms. The summed E-state index contributed by atoms with van der Waals surface area (Å²) >= 11 is 0. The lowest BCUT2D eigenvalue weighted by Gasteiger charge is -2.21. The SMILES string of the molecule is Cc1cc(C(CN)NC(=O)OC(C)(C)C)on1. The van der Waals surface area contributed by atoms with Gasteiger partial charge in [-0.15, -0.1) is 0 Å². The summed E-state index contributed by atoms with van der Waals surface area (Å²) in [6.45, 7) is 7.40. The first kappa shape index (κ1) is 13.5. The second-order valence-corrected chi connectivity index (χ2v) is 4.81. The Hall–Kier alpha value is -1.56. The Morgan fingerprint density at radius 3 is 2.71 bits per heavy atom. The van der Waals surface area contributed by atoms with Crippen molar-refractivity contribution in [2.45, 2.75) is 39.3 Å². The van der Waals surface area contributed by atoms with E-state index in [0.29, 0.717) is 5.76 Å². The molecule has 1 amide bonds. The number of hydrogen-bond acceptors (Lipinski definition) is 5. The van der Waals surface area contributed by atoms with Crippen LogP contribution in [-0.2, 0) is 4.74 Å². The summed E-state index contributed by atoms with van der Waals surface area (Å²) < 4.78 is 10.2. The quantitative estimate of drug-likeness (QED) is 0.837. The standard InChI is InChI=1S/C11H19N3O3/c1-7-5-9(17-14-7)8(6-12)13-10(15)16-11(2,3)4/h5,8H,6,12H2,1-4H3,(H,13,15). The summed E-state index contributed by atoms with van der Waals surface area (Å²) in [5, 5.41) is 6.38. The van der Waals surface area contributed by atoms with Crippen molar-refractivity contribution >= 4 is 6.09 Å². The Balaban J connectivity index is 2.62. The van der Waals surface area contributed by atoms with Gasteiger partial charge in [0.15, 0.2) is 5.76 Å². The number of amides is 1. The van der Waals surface area contributed by atoms with Crippen LogP contribution in [-0.4, -0.2) is 23.4 Å². The van der Waals surface area contributed by atoms with Crippen LogP contribution >= 0.6 is 0 Å². The molecule has 0 aliphatic rings. The number of ether oxygens (including phenoxy) is 1. The first-order valence-electron chi connectivity index (χ1n) is 5.44. The number of alkyl carbamates (subject to hydrolysis) is 1. The maximum atomic E-state index is 11.6. The maximum Gasteiger partial charge on any atom is 0.408 e. The average molecular weight is 241 g/mol. The van der Waals surface area contributed by atoms with Crippen LogP contribution in [0, 0.1) is 6.92 Å². The molecule has 0 radical (unpaired) electrons. The van der Waals surface area contributed by atoms with E-state index in [0.717, 1.165) is 5.69 Å². The molecule has 0 aliphatic carbocycles. The normalized spacial score (nSPS) is 13.2. The number of nitrogens with zero attached hydrogens (tertiary/aromatic N) is 1. The lowest BCUT2D eigenvalue weighted by molar-refractivity contribution is 0.0497. The fraction of sp³-hybridized carbons (Fsp3) is 0.636. The first-order chi connectivity index (χ1) is 7.81. The van der Waals surface area contributed by atoms with Gasteiger partial charge in [-0.05, 0) is 27.7 Å². The van der Waals surface area contributed by atoms with Crippen molar-refractivity contribution in [2.24, 2.45) is 5.73 Å². The van der Waals surface area contributed by atoms with Gasteiger partial charge in [-0.3, -0.25) is 0 Å². The fourth-order valence-electron chi connectivity index (χ4n) is 1.24. The number of rotatable bonds is 3. The summed E-state index contributed by atoms with van der Waals surface area (Å²) in [6, 6.07) is 1.31. The van der Waals surface area contributed by atoms with Gasteiger partial charge in [0.05, 0.1) is 5.69 Å². The largest absolute Gasteiger partial charge is 0.444 e. The van der Waals surface area contributed by atoms with Crippen LogP contribution in [0.15, 0.2) is 10.6 Å². The monoisotopic (exact) mass is 241 g/mol. The van der Waals surface area contributed by atoms with Crippen LogP contribution in [0.4, 0.5) is 4.79 Å². The van der Waals surface area contributed by atoms with Crippen molar-refractivity contribution in [3.63, 3.8) is 0 Å². The molecule has 0 saturated carbocycles. The van der Waals surface area contributed by atoms with Crippen LogP contribution in [0.25, 0.3) is 0 Å². The minimum atomic E-state index is -0.541. The Morgan fingerprint density at radius 1 is 1.65 bits per heavy atom. The number of aryl methyl sites for hydroxylation is 1. The predicted octanol–water partition coefficient (Wildman–Crippen LogP) is 1.51. The molecule has 1 aromatic rings. The number of carbonyl (C=O) groups excluding carboxylic acids is 1. The van der Waals surface area contributed by atoms with E-state index in [-0.39, 0.29) is 6.54 Å². The van der Waals surface area contributed by atoms with Crippen molar-refractivity contribution in [3.8, 4) is 0 Å². The van der Waals surface area contributed by atoms with Crippen LogP contribution < -0.4 is 11.1 Å². The minimum absolute atomic E-state index is 0.216. The molecule has 0 bridgehead atoms. The first-order valence-corrected chi connectivity index (χ1v) is 5.44. The molecular weight excluding hydrogens is 222 g/mol. The van der Waals surface area contributed by atoms with Gasteiger partial charge in [0.25, 0.3) is 0 Å². The average Bonchev–Trinajstić information content (AvgIpc) is 2.58. The summed E-state index contributed by atoms with van der Waals surface area (Å²) in [6.07, 6.45) is -0.526. The summed E-state index contributed by atoms with van der Waals surface area (Å²) in [5.41, 5.74) is 5.77. The minimum Gasteiger partial charge on any atom is -0.444 e. The highest BCUT2D eigenvalue weighted by Crippen LogP contribution is 2.14. The van der Waals surface area contributed by atoms with Gasteiger partial charge < -0.3 is 20.3 Å². The lowest BCUT2D eigenvalue weighted by atomic mass is 10.2. The van der Waals surface area contributed by atoms with E-state index in [1.165, 1.54) is 0 Å². The topological polar surface area (TPSA) is 90.4 Å². The van der Waals surface area contributed by atoms with Crippen molar-refractivity contribution < 1.29 is 14.1 Å². The maximum absolute atomic E-state index is 11.6. The zero-order valence-electron chi connectivity index (χ0n) is 10.6. The molecule has 0 aromatic carbocycles. The van der Waals surface area contributed by atoms with E-state index in [1.807, 2.05) is 0 Å². The molecular formula is C11H19N3O3. The van der Waals surface area contributed by atoms with Gasteiger partial charge in [0.2, 0.25) is 0 Å². The summed E-state index contributed by atoms with van der Waals surface area (Å²) in [7, 11) is 0. The molecule has 17 heavy (non-hydrogen) atoms. The highest BCUT2D eigenvalue weighted by atomic mass is 16.6. The van der Waals surface area contributed by atoms with Crippen molar-refractivity contribution in [1.82, 2.24) is 10.5 Å². The second kappa shape index (κ2) is 5.18. The van der Waals surface area contributed by atoms with Crippen LogP contribution in [0.5, 0.6) is 0 Å². The molecule has 0 fully saturated rings. The van der Waals surface area contributed by atoms with E-state index >= 15 is 0 Å². The fourth-order valence-corrected chi connectivity index (χ4v) is 1.24. The van der Waals surface area contributed by atoms with Crippen LogP contribution in [0.2, 0.25) is 0 Å². The van der Waals surface area contributed by atoms with Crippen molar-refractivity contribution in [2.75, 3.05) is 6.54 Å². The molecule has 96 valence electrons. The zero-order chi connectivity index (χ0) is 13.1. The van der Waals surface area contributed by atoms with E-state index in [4.69, 9.17) is 15.0 Å². The number of nitrogens with one attached hydrogen (secondary N) is 1. The Labute approximate surface area is 100 Å². The summed E-state index contributed by atoms with van der Waals surface area (Å²) in [5.74, 6) is 0.524. The molecule has 1 rings (SSSR count). The molecule has 1 heterocycles. The molecule has 6 heteroatoms. The predicted molar refractivity (Wildman–Crippen MR) is 62.4 cm³/mol. The Morgan fingerprint density at radius 2 is 2.29 bits per heavy atom. The third kappa shape index (κ3) is 4.44. The van der Waals surface area contributed by atoms with Gasteiger partial charge >= 0.3 is 6.09 Å². The van der Waals surface area contributed by atoms with Gasteiger partial charge in [0, 0.05) is 12.6 Å². The highest BCUT2D eigenvalue weighted by Gasteiger charge is 2.21. The van der Waals surface area contributed by atoms with Gasteiger partial charge in [-0.1, -0.05) is 5.16 Å². The smallest absolute Gasteiger partial charge is 0.408 e. The van der Waals surface area contributed by atoms with E-state index < -0.39 is 17.7 Å². The summed E-state index contributed by atoms with van der Waals surface area (Å²) in [4.78, 5) is 11.6. The second-order valence-electron chi connectivity index (χ2n) is 4.81. The zero-order valence-corrected chi connectivity index (χ0v) is 10.6. The van der Waals surface area contributed by atoms with Crippen molar-refractivity contribution in [1.29, 1.82) is 0 Å². The third-order valence-corrected chi connectivity index (χ3v) is 1.92. The van der Waals surface area contributed by atoms with Crippen LogP contribution in [0.1, 0.15) is 38.3 Å². The van der Waals surface area contributed by atoms with Gasteiger partial charge in [0.1, 0.15) is 11.6 Å². The third-order valence-electron chi connectivity index (χ3n) is 1.92. The number of carbonyl (C=O) groups is 1. The van der Waals surface area contributed by atoms with E-state index in [2.05, 4.69) is 10.5 Å². The van der Waals surface area contributed by atoms with Gasteiger partial charge in [-0.2, -0.15) is 0 Å². The number of aromatic nitrogens is 1. The lowest BCUT2D eigenvalue weighted by Crippen LogP contribution is -2.37. The molecule has 6 nitrogen and oxygen atoms in total. The number of hydrogen-bond donors (Lipinski definition) is 2. The van der Waals surface area contributed by atoms with E-state index in [9.17, 15) is 4.79 Å². The van der Waals surface area contributed by atoms with Gasteiger partial charge in [-0.25, -0.2) is 4.79 Å². The molecule has 3 N–H and O–H groups in total. The molecule has 0 aliphatic heterocycles. The molecule has 1 unspecified atom stereocenters. The van der Waals surface area contributed by atoms with Crippen molar-refractivity contribution in [3.05, 3.63) is 17.5 Å². The van der Waals surface area contributed by atoms with E-state index in [1.54, 1.807) is 33.8 Å². The Kier molecular flexibility index (Phi) is 4.11. The van der Waals surface area contributed by atoms with Crippen LogP contribution in [0.3, 0.4) is 0 Å². The molecule has 1 aromatic heterocycles. The molecule has 1 atom stereocenters.